The smallest absolute Gasteiger partial charge is 0.239 e. The zero-order valence-electron chi connectivity index (χ0n) is 19.9. The SMILES string of the molecule is COc1c(O)cc2oc(-c3cc(CC=C(C)C)c(O)c(CC(C)CO)c3)c(OC)c(=O)c2c1O. The highest BCUT2D eigenvalue weighted by Gasteiger charge is 2.25. The first-order valence-corrected chi connectivity index (χ1v) is 10.9. The molecule has 0 aliphatic heterocycles. The van der Waals surface area contributed by atoms with Gasteiger partial charge in [-0.1, -0.05) is 18.6 Å². The second-order valence-electron chi connectivity index (χ2n) is 8.56. The van der Waals surface area contributed by atoms with Crippen molar-refractivity contribution in [1.29, 1.82) is 0 Å². The van der Waals surface area contributed by atoms with Crippen molar-refractivity contribution in [3.8, 4) is 40.1 Å². The summed E-state index contributed by atoms with van der Waals surface area (Å²) < 4.78 is 16.3. The highest BCUT2D eigenvalue weighted by molar-refractivity contribution is 5.91. The van der Waals surface area contributed by atoms with Gasteiger partial charge in [-0.2, -0.15) is 0 Å². The predicted octanol–water partition coefficient (Wildman–Crippen LogP) is 4.27. The van der Waals surface area contributed by atoms with Crippen LogP contribution in [0.25, 0.3) is 22.3 Å². The number of hydrogen-bond acceptors (Lipinski definition) is 8. The molecule has 0 aliphatic carbocycles. The van der Waals surface area contributed by atoms with Crippen LogP contribution in [0.4, 0.5) is 0 Å². The van der Waals surface area contributed by atoms with Crippen molar-refractivity contribution in [3.63, 3.8) is 0 Å². The van der Waals surface area contributed by atoms with Gasteiger partial charge in [-0.3, -0.25) is 4.79 Å². The molecule has 3 rings (SSSR count). The van der Waals surface area contributed by atoms with Crippen LogP contribution in [-0.2, 0) is 12.8 Å². The van der Waals surface area contributed by atoms with Crippen LogP contribution in [0.3, 0.4) is 0 Å². The minimum Gasteiger partial charge on any atom is -0.507 e. The number of benzene rings is 2. The summed E-state index contributed by atoms with van der Waals surface area (Å²) in [5.74, 6) is -1.24. The number of methoxy groups -OCH3 is 2. The Hall–Kier alpha value is -3.65. The summed E-state index contributed by atoms with van der Waals surface area (Å²) in [6, 6.07) is 4.58. The second-order valence-corrected chi connectivity index (χ2v) is 8.56. The van der Waals surface area contributed by atoms with Crippen molar-refractivity contribution in [1.82, 2.24) is 0 Å². The molecule has 2 aromatic carbocycles. The molecule has 1 heterocycles. The molecule has 8 heteroatoms. The van der Waals surface area contributed by atoms with Crippen molar-refractivity contribution in [2.45, 2.75) is 33.6 Å². The van der Waals surface area contributed by atoms with Crippen LogP contribution in [-0.4, -0.2) is 41.3 Å². The quantitative estimate of drug-likeness (QED) is 0.359. The van der Waals surface area contributed by atoms with Crippen molar-refractivity contribution >= 4 is 11.0 Å². The zero-order valence-corrected chi connectivity index (χ0v) is 19.9. The Kier molecular flexibility index (Phi) is 7.41. The van der Waals surface area contributed by atoms with Crippen LogP contribution in [0.1, 0.15) is 31.9 Å². The lowest BCUT2D eigenvalue weighted by molar-refractivity contribution is 0.236. The highest BCUT2D eigenvalue weighted by Crippen LogP contribution is 2.44. The lowest BCUT2D eigenvalue weighted by Crippen LogP contribution is -2.09. The number of fused-ring (bicyclic) bond motifs is 1. The van der Waals surface area contributed by atoms with E-state index in [0.717, 1.165) is 5.57 Å². The first-order valence-electron chi connectivity index (χ1n) is 10.9. The Morgan fingerprint density at radius 3 is 2.26 bits per heavy atom. The van der Waals surface area contributed by atoms with Gasteiger partial charge >= 0.3 is 0 Å². The molecule has 0 bridgehead atoms. The Morgan fingerprint density at radius 1 is 1.03 bits per heavy atom. The number of allylic oxidation sites excluding steroid dienone is 2. The van der Waals surface area contributed by atoms with Gasteiger partial charge in [0.05, 0.1) is 14.2 Å². The van der Waals surface area contributed by atoms with E-state index in [2.05, 4.69) is 0 Å². The summed E-state index contributed by atoms with van der Waals surface area (Å²) in [4.78, 5) is 13.3. The maximum absolute atomic E-state index is 13.3. The molecule has 0 aliphatic rings. The Labute approximate surface area is 197 Å². The van der Waals surface area contributed by atoms with Crippen LogP contribution in [0.5, 0.6) is 28.7 Å². The number of phenols is 3. The third-order valence-electron chi connectivity index (χ3n) is 5.60. The molecular formula is C26H30O8. The first-order chi connectivity index (χ1) is 16.1. The van der Waals surface area contributed by atoms with E-state index in [-0.39, 0.29) is 52.3 Å². The van der Waals surface area contributed by atoms with E-state index >= 15 is 0 Å². The third kappa shape index (κ3) is 4.68. The molecule has 8 nitrogen and oxygen atoms in total. The summed E-state index contributed by atoms with van der Waals surface area (Å²) >= 11 is 0. The van der Waals surface area contributed by atoms with Crippen LogP contribution >= 0.6 is 0 Å². The lowest BCUT2D eigenvalue weighted by Gasteiger charge is -2.16. The number of aliphatic hydroxyl groups is 1. The Balaban J connectivity index is 2.34. The monoisotopic (exact) mass is 470 g/mol. The molecule has 0 spiro atoms. The number of ether oxygens (including phenoxy) is 2. The molecule has 34 heavy (non-hydrogen) atoms. The van der Waals surface area contributed by atoms with Gasteiger partial charge in [0.15, 0.2) is 17.3 Å². The minimum atomic E-state index is -0.640. The van der Waals surface area contributed by atoms with Crippen LogP contribution < -0.4 is 14.9 Å². The van der Waals surface area contributed by atoms with Gasteiger partial charge in [0, 0.05) is 18.2 Å². The maximum Gasteiger partial charge on any atom is 0.239 e. The summed E-state index contributed by atoms with van der Waals surface area (Å²) in [6.07, 6.45) is 2.81. The molecule has 0 saturated carbocycles. The Morgan fingerprint density at radius 2 is 1.68 bits per heavy atom. The van der Waals surface area contributed by atoms with Gasteiger partial charge < -0.3 is 34.3 Å². The number of aliphatic hydroxyl groups excluding tert-OH is 1. The number of phenolic OH excluding ortho intramolecular Hbond substituents is 3. The van der Waals surface area contributed by atoms with E-state index in [1.54, 1.807) is 12.1 Å². The minimum absolute atomic E-state index is 0.0538. The van der Waals surface area contributed by atoms with Crippen LogP contribution in [0, 0.1) is 5.92 Å². The molecule has 0 saturated heterocycles. The summed E-state index contributed by atoms with van der Waals surface area (Å²) in [5.41, 5.74) is 2.05. The van der Waals surface area contributed by atoms with Crippen LogP contribution in [0.15, 0.2) is 39.1 Å². The van der Waals surface area contributed by atoms with Gasteiger partial charge in [-0.05, 0) is 55.9 Å². The molecule has 0 radical (unpaired) electrons. The van der Waals surface area contributed by atoms with E-state index in [9.17, 15) is 25.2 Å². The summed E-state index contributed by atoms with van der Waals surface area (Å²) in [5, 5.41) is 40.9. The van der Waals surface area contributed by atoms with Gasteiger partial charge in [-0.25, -0.2) is 0 Å². The molecule has 1 atom stereocenters. The molecule has 4 N–H and O–H groups in total. The molecule has 1 unspecified atom stereocenters. The maximum atomic E-state index is 13.3. The summed E-state index contributed by atoms with van der Waals surface area (Å²) in [6.45, 7) is 5.71. The van der Waals surface area contributed by atoms with E-state index in [1.165, 1.54) is 20.3 Å². The van der Waals surface area contributed by atoms with Crippen molar-refractivity contribution in [3.05, 3.63) is 51.2 Å². The molecular weight excluding hydrogens is 440 g/mol. The number of rotatable bonds is 8. The molecule has 3 aromatic rings. The van der Waals surface area contributed by atoms with E-state index in [4.69, 9.17) is 13.9 Å². The fourth-order valence-corrected chi connectivity index (χ4v) is 3.82. The largest absolute Gasteiger partial charge is 0.507 e. The van der Waals surface area contributed by atoms with E-state index in [0.29, 0.717) is 29.5 Å². The van der Waals surface area contributed by atoms with Crippen LogP contribution in [0.2, 0.25) is 0 Å². The zero-order chi connectivity index (χ0) is 25.2. The average Bonchev–Trinajstić information content (AvgIpc) is 2.79. The van der Waals surface area contributed by atoms with Gasteiger partial charge in [0.2, 0.25) is 16.9 Å². The molecule has 0 fully saturated rings. The fourth-order valence-electron chi connectivity index (χ4n) is 3.82. The molecule has 182 valence electrons. The lowest BCUT2D eigenvalue weighted by atomic mass is 9.93. The number of aromatic hydroxyl groups is 3. The van der Waals surface area contributed by atoms with Gasteiger partial charge in [0.25, 0.3) is 0 Å². The topological polar surface area (TPSA) is 130 Å². The summed E-state index contributed by atoms with van der Waals surface area (Å²) in [7, 11) is 2.57. The highest BCUT2D eigenvalue weighted by atomic mass is 16.5. The standard InChI is InChI=1S/C26H30O8/c1-13(2)6-7-15-9-17(10-16(21(15)29)8-14(3)12-27)24-26(33-5)23(31)20-19(34-24)11-18(28)25(32-4)22(20)30/h6,9-11,14,27-30H,7-8,12H2,1-5H3. The molecule has 0 amide bonds. The van der Waals surface area contributed by atoms with Crippen molar-refractivity contribution in [2.75, 3.05) is 20.8 Å². The predicted molar refractivity (Wildman–Crippen MR) is 129 cm³/mol. The van der Waals surface area contributed by atoms with E-state index < -0.39 is 11.2 Å². The van der Waals surface area contributed by atoms with Crippen molar-refractivity contribution < 1.29 is 34.3 Å². The normalized spacial score (nSPS) is 11.9. The fraction of sp³-hybridized carbons (Fsp3) is 0.346. The van der Waals surface area contributed by atoms with Gasteiger partial charge in [-0.15, -0.1) is 0 Å². The second kappa shape index (κ2) is 10.1. The van der Waals surface area contributed by atoms with Gasteiger partial charge in [0.1, 0.15) is 16.7 Å². The van der Waals surface area contributed by atoms with Crippen molar-refractivity contribution in [2.24, 2.45) is 5.92 Å². The first kappa shape index (κ1) is 25.0. The molecule has 1 aromatic heterocycles. The average molecular weight is 471 g/mol. The number of hydrogen-bond donors (Lipinski definition) is 4. The Bertz CT molecular complexity index is 1300. The van der Waals surface area contributed by atoms with E-state index in [1.807, 2.05) is 26.8 Å². The third-order valence-corrected chi connectivity index (χ3v) is 5.60.